The van der Waals surface area contributed by atoms with Gasteiger partial charge in [0.25, 0.3) is 0 Å². The van der Waals surface area contributed by atoms with Crippen molar-refractivity contribution >= 4 is 11.8 Å². The first-order valence-corrected chi connectivity index (χ1v) is 9.07. The van der Waals surface area contributed by atoms with Crippen molar-refractivity contribution in [3.8, 4) is 0 Å². The van der Waals surface area contributed by atoms with Gasteiger partial charge in [-0.15, -0.1) is 0 Å². The number of rotatable bonds is 5. The van der Waals surface area contributed by atoms with Gasteiger partial charge in [-0.3, -0.25) is 19.6 Å². The highest BCUT2D eigenvalue weighted by Crippen LogP contribution is 2.24. The van der Waals surface area contributed by atoms with Crippen molar-refractivity contribution in [3.05, 3.63) is 17.0 Å². The molecule has 1 saturated heterocycles. The molecule has 2 heterocycles. The molecule has 1 fully saturated rings. The number of carbonyl (C=O) groups excluding carboxylic acids is 2. The first-order chi connectivity index (χ1) is 11.7. The Labute approximate surface area is 150 Å². The number of piperazine rings is 1. The van der Waals surface area contributed by atoms with E-state index in [2.05, 4.69) is 20.4 Å². The van der Waals surface area contributed by atoms with Crippen molar-refractivity contribution in [3.63, 3.8) is 0 Å². The van der Waals surface area contributed by atoms with Gasteiger partial charge in [0.05, 0.1) is 17.7 Å². The summed E-state index contributed by atoms with van der Waals surface area (Å²) in [6, 6.07) is -0.0319. The lowest BCUT2D eigenvalue weighted by Gasteiger charge is -2.38. The van der Waals surface area contributed by atoms with Gasteiger partial charge in [0.2, 0.25) is 11.8 Å². The molecule has 0 saturated carbocycles. The van der Waals surface area contributed by atoms with E-state index in [9.17, 15) is 9.59 Å². The van der Waals surface area contributed by atoms with Crippen molar-refractivity contribution in [1.29, 1.82) is 0 Å². The van der Waals surface area contributed by atoms with Crippen molar-refractivity contribution in [2.24, 2.45) is 0 Å². The largest absolute Gasteiger partial charge is 0.353 e. The number of aromatic nitrogens is 2. The molecule has 7 nitrogen and oxygen atoms in total. The fourth-order valence-electron chi connectivity index (χ4n) is 3.50. The molecule has 0 aromatic carbocycles. The van der Waals surface area contributed by atoms with Crippen LogP contribution in [0.25, 0.3) is 0 Å². The Morgan fingerprint density at radius 1 is 1.08 bits per heavy atom. The molecular weight excluding hydrogens is 318 g/mol. The van der Waals surface area contributed by atoms with Crippen molar-refractivity contribution in [2.75, 3.05) is 26.2 Å². The van der Waals surface area contributed by atoms with Crippen LogP contribution in [0.2, 0.25) is 0 Å². The second kappa shape index (κ2) is 7.99. The van der Waals surface area contributed by atoms with E-state index in [4.69, 9.17) is 0 Å². The van der Waals surface area contributed by atoms with Crippen LogP contribution < -0.4 is 5.32 Å². The average molecular weight is 349 g/mol. The number of carbonyl (C=O) groups is 2. The molecule has 0 radical (unpaired) electrons. The van der Waals surface area contributed by atoms with Gasteiger partial charge in [-0.2, -0.15) is 5.10 Å². The first-order valence-electron chi connectivity index (χ1n) is 9.07. The predicted molar refractivity (Wildman–Crippen MR) is 97.4 cm³/mol. The highest BCUT2D eigenvalue weighted by atomic mass is 16.2. The van der Waals surface area contributed by atoms with Gasteiger partial charge in [-0.05, 0) is 41.5 Å². The summed E-state index contributed by atoms with van der Waals surface area (Å²) in [5.41, 5.74) is 2.84. The molecule has 0 spiro atoms. The molecule has 2 unspecified atom stereocenters. The van der Waals surface area contributed by atoms with Crippen LogP contribution in [-0.4, -0.2) is 70.1 Å². The highest BCUT2D eigenvalue weighted by molar-refractivity contribution is 5.84. The predicted octanol–water partition coefficient (Wildman–Crippen LogP) is 1.19. The molecule has 0 bridgehead atoms. The fourth-order valence-corrected chi connectivity index (χ4v) is 3.50. The normalized spacial score (nSPS) is 18.3. The second-order valence-corrected chi connectivity index (χ2v) is 7.27. The number of amides is 2. The van der Waals surface area contributed by atoms with Crippen LogP contribution in [-0.2, 0) is 9.59 Å². The summed E-state index contributed by atoms with van der Waals surface area (Å²) < 4.78 is 0. The van der Waals surface area contributed by atoms with Crippen LogP contribution in [0.5, 0.6) is 0 Å². The molecule has 2 amide bonds. The summed E-state index contributed by atoms with van der Waals surface area (Å²) >= 11 is 0. The Balaban J connectivity index is 1.93. The molecule has 1 aromatic rings. The zero-order chi connectivity index (χ0) is 18.7. The third kappa shape index (κ3) is 4.39. The van der Waals surface area contributed by atoms with Crippen LogP contribution in [0.15, 0.2) is 0 Å². The van der Waals surface area contributed by atoms with E-state index in [1.807, 2.05) is 46.4 Å². The van der Waals surface area contributed by atoms with E-state index in [1.54, 1.807) is 0 Å². The van der Waals surface area contributed by atoms with Gasteiger partial charge in [0.15, 0.2) is 0 Å². The van der Waals surface area contributed by atoms with Crippen molar-refractivity contribution in [1.82, 2.24) is 25.3 Å². The number of hydrogen-bond acceptors (Lipinski definition) is 4. The topological polar surface area (TPSA) is 81.3 Å². The average Bonchev–Trinajstić information content (AvgIpc) is 2.91. The summed E-state index contributed by atoms with van der Waals surface area (Å²) in [7, 11) is 0. The summed E-state index contributed by atoms with van der Waals surface area (Å²) in [6.45, 7) is 14.4. The lowest BCUT2D eigenvalue weighted by molar-refractivity contribution is -0.135. The molecule has 7 heteroatoms. The number of H-pyrrole nitrogens is 1. The molecular formula is C18H31N5O2. The van der Waals surface area contributed by atoms with Gasteiger partial charge in [0.1, 0.15) is 0 Å². The van der Waals surface area contributed by atoms with E-state index in [1.165, 1.54) is 0 Å². The molecule has 1 aromatic heterocycles. The molecule has 1 aliphatic rings. The van der Waals surface area contributed by atoms with Crippen molar-refractivity contribution in [2.45, 2.75) is 59.5 Å². The Kier molecular flexibility index (Phi) is 6.21. The van der Waals surface area contributed by atoms with Crippen LogP contribution in [0.1, 0.15) is 50.6 Å². The minimum Gasteiger partial charge on any atom is -0.353 e. The van der Waals surface area contributed by atoms with Gasteiger partial charge < -0.3 is 10.2 Å². The lowest BCUT2D eigenvalue weighted by atomic mass is 9.97. The summed E-state index contributed by atoms with van der Waals surface area (Å²) in [5.74, 6) is -0.0220. The summed E-state index contributed by atoms with van der Waals surface area (Å²) in [6.07, 6.45) is 0. The van der Waals surface area contributed by atoms with Crippen LogP contribution in [0, 0.1) is 13.8 Å². The molecule has 25 heavy (non-hydrogen) atoms. The van der Waals surface area contributed by atoms with Crippen LogP contribution in [0.3, 0.4) is 0 Å². The van der Waals surface area contributed by atoms with Gasteiger partial charge in [-0.1, -0.05) is 0 Å². The third-order valence-electron chi connectivity index (χ3n) is 4.97. The number of nitrogens with zero attached hydrogens (tertiary/aromatic N) is 3. The zero-order valence-electron chi connectivity index (χ0n) is 16.2. The Morgan fingerprint density at radius 2 is 1.68 bits per heavy atom. The molecule has 2 atom stereocenters. The van der Waals surface area contributed by atoms with E-state index in [0.29, 0.717) is 26.2 Å². The SMILES string of the molecule is Cc1n[nH]c(C)c1C(C)C(=O)N1CCN(C(C)C(=O)NC(C)C)CC1. The standard InChI is InChI=1S/C18H31N5O2/c1-11(2)19-17(24)15(6)22-7-9-23(10-8-22)18(25)12(3)16-13(4)20-21-14(16)5/h11-12,15H,7-10H2,1-6H3,(H,19,24)(H,20,21). The first kappa shape index (κ1) is 19.4. The van der Waals surface area contributed by atoms with E-state index in [0.717, 1.165) is 17.0 Å². The van der Waals surface area contributed by atoms with Gasteiger partial charge in [0, 0.05) is 43.5 Å². The summed E-state index contributed by atoms with van der Waals surface area (Å²) in [5, 5.41) is 10.1. The lowest BCUT2D eigenvalue weighted by Crippen LogP contribution is -2.56. The van der Waals surface area contributed by atoms with E-state index < -0.39 is 0 Å². The minimum atomic E-state index is -0.202. The van der Waals surface area contributed by atoms with E-state index >= 15 is 0 Å². The van der Waals surface area contributed by atoms with Crippen LogP contribution >= 0.6 is 0 Å². The molecule has 140 valence electrons. The maximum absolute atomic E-state index is 12.8. The smallest absolute Gasteiger partial charge is 0.237 e. The molecule has 1 aliphatic heterocycles. The Hall–Kier alpha value is -1.89. The number of aromatic amines is 1. The van der Waals surface area contributed by atoms with E-state index in [-0.39, 0.29) is 29.8 Å². The highest BCUT2D eigenvalue weighted by Gasteiger charge is 2.31. The molecule has 2 N–H and O–H groups in total. The van der Waals surface area contributed by atoms with Crippen molar-refractivity contribution < 1.29 is 9.59 Å². The molecule has 2 rings (SSSR count). The van der Waals surface area contributed by atoms with Crippen LogP contribution in [0.4, 0.5) is 0 Å². The fraction of sp³-hybridized carbons (Fsp3) is 0.722. The number of hydrogen-bond donors (Lipinski definition) is 2. The quantitative estimate of drug-likeness (QED) is 0.837. The number of aryl methyl sites for hydroxylation is 2. The summed E-state index contributed by atoms with van der Waals surface area (Å²) in [4.78, 5) is 29.0. The Bertz CT molecular complexity index is 597. The van der Waals surface area contributed by atoms with Gasteiger partial charge >= 0.3 is 0 Å². The third-order valence-corrected chi connectivity index (χ3v) is 4.97. The maximum atomic E-state index is 12.8. The van der Waals surface area contributed by atoms with Gasteiger partial charge in [-0.25, -0.2) is 0 Å². The molecule has 0 aliphatic carbocycles. The monoisotopic (exact) mass is 349 g/mol. The number of nitrogens with one attached hydrogen (secondary N) is 2. The Morgan fingerprint density at radius 3 is 2.16 bits per heavy atom. The minimum absolute atomic E-state index is 0.0489. The maximum Gasteiger partial charge on any atom is 0.237 e. The zero-order valence-corrected chi connectivity index (χ0v) is 16.2. The second-order valence-electron chi connectivity index (χ2n) is 7.27.